The molecule has 2 saturated heterocycles. The number of pyridine rings is 1. The van der Waals surface area contributed by atoms with E-state index in [1.165, 1.54) is 12.8 Å². The Morgan fingerprint density at radius 1 is 1.09 bits per heavy atom. The second-order valence-corrected chi connectivity index (χ2v) is 6.39. The number of fused-ring (bicyclic) bond motifs is 2. The summed E-state index contributed by atoms with van der Waals surface area (Å²) in [5.41, 5.74) is 2.83. The molecule has 1 aromatic heterocycles. The minimum Gasteiger partial charge on any atom is -0.293 e. The Kier molecular flexibility index (Phi) is 3.51. The molecule has 3 heterocycles. The highest BCUT2D eigenvalue weighted by Crippen LogP contribution is 2.33. The number of carbonyl (C=O) groups excluding carboxylic acids is 1. The van der Waals surface area contributed by atoms with Gasteiger partial charge in [-0.1, -0.05) is 30.3 Å². The Balaban J connectivity index is 1.69. The summed E-state index contributed by atoms with van der Waals surface area (Å²) in [6.07, 6.45) is 7.00. The molecular weight excluding hydrogens is 272 g/mol. The number of Topliss-reactive ketones (excluding diaryl/α,β-unsaturated/α-hetero) is 1. The molecule has 22 heavy (non-hydrogen) atoms. The number of ketones is 1. The first kappa shape index (κ1) is 13.6. The van der Waals surface area contributed by atoms with Gasteiger partial charge in [-0.05, 0) is 43.4 Å². The normalized spacial score (nSPS) is 26.8. The number of rotatable bonds is 3. The molecule has 0 saturated carbocycles. The number of carbonyl (C=O) groups is 1. The van der Waals surface area contributed by atoms with E-state index in [2.05, 4.69) is 9.88 Å². The lowest BCUT2D eigenvalue weighted by atomic mass is 9.89. The number of nitrogens with zero attached hydrogens (tertiary/aromatic N) is 2. The van der Waals surface area contributed by atoms with Crippen molar-refractivity contribution < 1.29 is 4.79 Å². The molecule has 4 rings (SSSR count). The van der Waals surface area contributed by atoms with Gasteiger partial charge in [0.15, 0.2) is 5.78 Å². The van der Waals surface area contributed by atoms with Gasteiger partial charge in [0.2, 0.25) is 0 Å². The summed E-state index contributed by atoms with van der Waals surface area (Å²) in [6.45, 7) is 2.18. The van der Waals surface area contributed by atoms with Gasteiger partial charge in [0.25, 0.3) is 0 Å². The smallest absolute Gasteiger partial charge is 0.180 e. The molecule has 0 radical (unpaired) electrons. The van der Waals surface area contributed by atoms with E-state index in [0.29, 0.717) is 0 Å². The second kappa shape index (κ2) is 5.65. The number of piperidine rings is 1. The number of benzene rings is 1. The third-order valence-corrected chi connectivity index (χ3v) is 5.08. The zero-order valence-corrected chi connectivity index (χ0v) is 12.6. The summed E-state index contributed by atoms with van der Waals surface area (Å²) in [7, 11) is 0. The first-order valence-corrected chi connectivity index (χ1v) is 8.10. The summed E-state index contributed by atoms with van der Waals surface area (Å²) >= 11 is 0. The molecule has 0 aliphatic carbocycles. The average molecular weight is 292 g/mol. The third-order valence-electron chi connectivity index (χ3n) is 5.08. The lowest BCUT2D eigenvalue weighted by Crippen LogP contribution is -2.42. The van der Waals surface area contributed by atoms with E-state index in [-0.39, 0.29) is 11.8 Å². The lowest BCUT2D eigenvalue weighted by Gasteiger charge is -2.31. The van der Waals surface area contributed by atoms with Crippen molar-refractivity contribution in [3.8, 4) is 11.1 Å². The van der Waals surface area contributed by atoms with Gasteiger partial charge in [0.05, 0.1) is 6.04 Å². The zero-order valence-electron chi connectivity index (χ0n) is 12.6. The predicted molar refractivity (Wildman–Crippen MR) is 86.7 cm³/mol. The predicted octanol–water partition coefficient (Wildman–Crippen LogP) is 3.42. The van der Waals surface area contributed by atoms with Crippen LogP contribution in [0.1, 0.15) is 29.6 Å². The van der Waals surface area contributed by atoms with Crippen LogP contribution in [-0.2, 0) is 0 Å². The van der Waals surface area contributed by atoms with Crippen molar-refractivity contribution in [3.05, 3.63) is 54.4 Å². The van der Waals surface area contributed by atoms with Gasteiger partial charge >= 0.3 is 0 Å². The Hall–Kier alpha value is -2.00. The summed E-state index contributed by atoms with van der Waals surface area (Å²) in [5, 5.41) is 0. The molecule has 3 atom stereocenters. The van der Waals surface area contributed by atoms with Crippen LogP contribution in [0.5, 0.6) is 0 Å². The highest BCUT2D eigenvalue weighted by molar-refractivity contribution is 6.05. The van der Waals surface area contributed by atoms with Gasteiger partial charge in [-0.15, -0.1) is 0 Å². The molecule has 2 aliphatic heterocycles. The van der Waals surface area contributed by atoms with E-state index < -0.39 is 0 Å². The van der Waals surface area contributed by atoms with E-state index in [0.717, 1.165) is 42.1 Å². The maximum Gasteiger partial charge on any atom is 0.180 e. The van der Waals surface area contributed by atoms with E-state index in [4.69, 9.17) is 0 Å². The van der Waals surface area contributed by atoms with E-state index in [1.807, 2.05) is 42.6 Å². The molecule has 3 heteroatoms. The summed E-state index contributed by atoms with van der Waals surface area (Å²) in [5.74, 6) is 1.08. The molecule has 0 N–H and O–H groups in total. The minimum atomic E-state index is 0.0589. The summed E-state index contributed by atoms with van der Waals surface area (Å²) in [4.78, 5) is 19.7. The van der Waals surface area contributed by atoms with Crippen molar-refractivity contribution in [2.45, 2.75) is 25.3 Å². The molecule has 2 fully saturated rings. The van der Waals surface area contributed by atoms with Crippen molar-refractivity contribution in [3.63, 3.8) is 0 Å². The quantitative estimate of drug-likeness (QED) is 0.813. The minimum absolute atomic E-state index is 0.0589. The highest BCUT2D eigenvalue weighted by Gasteiger charge is 2.37. The van der Waals surface area contributed by atoms with Crippen molar-refractivity contribution in [2.24, 2.45) is 5.92 Å². The summed E-state index contributed by atoms with van der Waals surface area (Å²) < 4.78 is 0. The maximum absolute atomic E-state index is 13.1. The number of aromatic nitrogens is 1. The van der Waals surface area contributed by atoms with Gasteiger partial charge in [-0.2, -0.15) is 0 Å². The topological polar surface area (TPSA) is 33.2 Å². The van der Waals surface area contributed by atoms with E-state index in [9.17, 15) is 4.79 Å². The summed E-state index contributed by atoms with van der Waals surface area (Å²) in [6, 6.07) is 12.0. The molecule has 0 amide bonds. The van der Waals surface area contributed by atoms with Crippen LogP contribution in [0.25, 0.3) is 11.1 Å². The van der Waals surface area contributed by atoms with Gasteiger partial charge in [0.1, 0.15) is 0 Å². The molecule has 2 aliphatic rings. The van der Waals surface area contributed by atoms with Crippen LogP contribution in [-0.4, -0.2) is 34.8 Å². The van der Waals surface area contributed by atoms with Crippen LogP contribution in [0.3, 0.4) is 0 Å². The molecular formula is C19H20N2O. The average Bonchev–Trinajstić information content (AvgIpc) is 2.96. The van der Waals surface area contributed by atoms with E-state index >= 15 is 0 Å². The molecule has 2 bridgehead atoms. The third kappa shape index (κ3) is 2.35. The van der Waals surface area contributed by atoms with Gasteiger partial charge in [-0.25, -0.2) is 0 Å². The van der Waals surface area contributed by atoms with Crippen molar-refractivity contribution >= 4 is 5.78 Å². The largest absolute Gasteiger partial charge is 0.293 e. The monoisotopic (exact) mass is 292 g/mol. The van der Waals surface area contributed by atoms with Crippen molar-refractivity contribution in [1.29, 1.82) is 0 Å². The molecule has 3 unspecified atom stereocenters. The van der Waals surface area contributed by atoms with Crippen LogP contribution in [0.4, 0.5) is 0 Å². The SMILES string of the molecule is O=C(c1ccncc1-c1ccccc1)C1CCC2CCN1C2. The Morgan fingerprint density at radius 3 is 2.82 bits per heavy atom. The van der Waals surface area contributed by atoms with Crippen LogP contribution in [0.15, 0.2) is 48.8 Å². The second-order valence-electron chi connectivity index (χ2n) is 6.39. The molecule has 3 nitrogen and oxygen atoms in total. The zero-order chi connectivity index (χ0) is 14.9. The fraction of sp³-hybridized carbons (Fsp3) is 0.368. The molecule has 1 aromatic carbocycles. The first-order valence-electron chi connectivity index (χ1n) is 8.10. The van der Waals surface area contributed by atoms with Crippen LogP contribution in [0, 0.1) is 5.92 Å². The molecule has 2 aromatic rings. The molecule has 0 spiro atoms. The van der Waals surface area contributed by atoms with Gasteiger partial charge < -0.3 is 0 Å². The number of hydrogen-bond acceptors (Lipinski definition) is 3. The fourth-order valence-corrected chi connectivity index (χ4v) is 3.89. The van der Waals surface area contributed by atoms with Crippen molar-refractivity contribution in [2.75, 3.05) is 13.1 Å². The highest BCUT2D eigenvalue weighted by atomic mass is 16.1. The van der Waals surface area contributed by atoms with E-state index in [1.54, 1.807) is 6.20 Å². The fourth-order valence-electron chi connectivity index (χ4n) is 3.89. The lowest BCUT2D eigenvalue weighted by molar-refractivity contribution is 0.0794. The first-order chi connectivity index (χ1) is 10.8. The van der Waals surface area contributed by atoms with Crippen molar-refractivity contribution in [1.82, 2.24) is 9.88 Å². The Morgan fingerprint density at radius 2 is 1.95 bits per heavy atom. The van der Waals surface area contributed by atoms with Crippen LogP contribution in [0.2, 0.25) is 0 Å². The van der Waals surface area contributed by atoms with Gasteiger partial charge in [-0.3, -0.25) is 14.7 Å². The van der Waals surface area contributed by atoms with Crippen LogP contribution >= 0.6 is 0 Å². The van der Waals surface area contributed by atoms with Gasteiger partial charge in [0, 0.05) is 30.1 Å². The molecule has 112 valence electrons. The number of hydrogen-bond donors (Lipinski definition) is 0. The maximum atomic E-state index is 13.1. The standard InChI is InChI=1S/C19H20N2O/c22-19(18-7-6-14-9-11-21(18)13-14)16-8-10-20-12-17(16)15-4-2-1-3-5-15/h1-5,8,10,12,14,18H,6-7,9,11,13H2. The van der Waals surface area contributed by atoms with Crippen LogP contribution < -0.4 is 0 Å². The Bertz CT molecular complexity index is 683. The Labute approximate surface area is 131 Å².